The van der Waals surface area contributed by atoms with Crippen LogP contribution in [0.1, 0.15) is 54.4 Å². The highest BCUT2D eigenvalue weighted by molar-refractivity contribution is 7.87. The zero-order chi connectivity index (χ0) is 20.8. The number of hydrogen-bond acceptors (Lipinski definition) is 4. The Bertz CT molecular complexity index is 648. The van der Waals surface area contributed by atoms with E-state index in [0.29, 0.717) is 12.8 Å². The summed E-state index contributed by atoms with van der Waals surface area (Å²) in [5, 5.41) is -0.182. The van der Waals surface area contributed by atoms with Crippen molar-refractivity contribution in [1.29, 1.82) is 0 Å². The molecule has 1 rings (SSSR count). The standard InChI is InChI=1S/C17H31F3O4SSi/c1-12(2)13-9-10-16(6,24-26(7,8)15(3,4)5)14(11-13)23-25(21,22)17(18,19)20/h11-13H,9-10H2,1-8H3/t13-,16+/m0/s1. The van der Waals surface area contributed by atoms with E-state index in [4.69, 9.17) is 4.43 Å². The van der Waals surface area contributed by atoms with Gasteiger partial charge in [-0.05, 0) is 55.8 Å². The maximum atomic E-state index is 12.9. The van der Waals surface area contributed by atoms with Gasteiger partial charge in [-0.3, -0.25) is 0 Å². The lowest BCUT2D eigenvalue weighted by molar-refractivity contribution is -0.0554. The number of halogens is 3. The molecule has 0 aromatic rings. The molecule has 2 atom stereocenters. The van der Waals surface area contributed by atoms with E-state index in [1.807, 2.05) is 47.7 Å². The maximum Gasteiger partial charge on any atom is 0.534 e. The molecule has 4 nitrogen and oxygen atoms in total. The van der Waals surface area contributed by atoms with Crippen molar-refractivity contribution in [2.24, 2.45) is 11.8 Å². The van der Waals surface area contributed by atoms with Gasteiger partial charge in [0.1, 0.15) is 11.4 Å². The summed E-state index contributed by atoms with van der Waals surface area (Å²) in [6.07, 6.45) is 2.61. The Hall–Kier alpha value is -0.543. The lowest BCUT2D eigenvalue weighted by Gasteiger charge is -2.46. The van der Waals surface area contributed by atoms with Gasteiger partial charge in [0.25, 0.3) is 0 Å². The van der Waals surface area contributed by atoms with Gasteiger partial charge < -0.3 is 8.61 Å². The van der Waals surface area contributed by atoms with Gasteiger partial charge in [-0.1, -0.05) is 34.6 Å². The van der Waals surface area contributed by atoms with Crippen molar-refractivity contribution in [3.63, 3.8) is 0 Å². The average molecular weight is 417 g/mol. The first-order valence-corrected chi connectivity index (χ1v) is 13.1. The number of rotatable bonds is 5. The smallest absolute Gasteiger partial charge is 0.404 e. The van der Waals surface area contributed by atoms with Gasteiger partial charge in [0, 0.05) is 0 Å². The van der Waals surface area contributed by atoms with Crippen LogP contribution in [0, 0.1) is 11.8 Å². The molecule has 0 saturated heterocycles. The maximum absolute atomic E-state index is 12.9. The van der Waals surface area contributed by atoms with Gasteiger partial charge in [0.05, 0.1) is 0 Å². The summed E-state index contributed by atoms with van der Waals surface area (Å²) in [5.41, 5.74) is -6.68. The van der Waals surface area contributed by atoms with E-state index >= 15 is 0 Å². The van der Waals surface area contributed by atoms with Crippen molar-refractivity contribution in [1.82, 2.24) is 0 Å². The Kier molecular flexibility index (Phi) is 6.44. The SMILES string of the molecule is CC(C)[C@@H]1C=C(OS(=O)(=O)C(F)(F)F)[C@](C)(O[Si](C)(C)C(C)(C)C)CC1. The van der Waals surface area contributed by atoms with Crippen LogP contribution in [0.25, 0.3) is 0 Å². The van der Waals surface area contributed by atoms with Gasteiger partial charge in [-0.15, -0.1) is 0 Å². The minimum Gasteiger partial charge on any atom is -0.404 e. The third-order valence-electron chi connectivity index (χ3n) is 5.47. The fourth-order valence-corrected chi connectivity index (χ4v) is 4.84. The van der Waals surface area contributed by atoms with E-state index in [1.165, 1.54) is 6.08 Å². The molecule has 0 radical (unpaired) electrons. The largest absolute Gasteiger partial charge is 0.534 e. The molecule has 0 bridgehead atoms. The van der Waals surface area contributed by atoms with Crippen LogP contribution in [0.4, 0.5) is 13.2 Å². The number of allylic oxidation sites excluding steroid dienone is 1. The number of alkyl halides is 3. The molecule has 1 aliphatic rings. The van der Waals surface area contributed by atoms with Crippen molar-refractivity contribution >= 4 is 18.4 Å². The van der Waals surface area contributed by atoms with Gasteiger partial charge in [-0.2, -0.15) is 21.6 Å². The topological polar surface area (TPSA) is 52.6 Å². The molecular weight excluding hydrogens is 385 g/mol. The third kappa shape index (κ3) is 5.04. The average Bonchev–Trinajstić information content (AvgIpc) is 2.37. The van der Waals surface area contributed by atoms with E-state index in [-0.39, 0.29) is 22.6 Å². The van der Waals surface area contributed by atoms with Crippen molar-refractivity contribution in [2.75, 3.05) is 0 Å². The summed E-state index contributed by atoms with van der Waals surface area (Å²) in [6, 6.07) is 0. The quantitative estimate of drug-likeness (QED) is 0.333. The molecule has 0 amide bonds. The molecule has 0 fully saturated rings. The van der Waals surface area contributed by atoms with Gasteiger partial charge in [-0.25, -0.2) is 0 Å². The second-order valence-corrected chi connectivity index (χ2v) is 15.3. The van der Waals surface area contributed by atoms with Gasteiger partial charge >= 0.3 is 15.6 Å². The van der Waals surface area contributed by atoms with E-state index in [1.54, 1.807) is 6.92 Å². The van der Waals surface area contributed by atoms with Crippen LogP contribution in [-0.4, -0.2) is 27.8 Å². The Labute approximate surface area is 156 Å². The first-order valence-electron chi connectivity index (χ1n) is 8.76. The molecule has 1 aliphatic carbocycles. The molecule has 0 aromatic heterocycles. The highest BCUT2D eigenvalue weighted by Gasteiger charge is 2.53. The van der Waals surface area contributed by atoms with Crippen LogP contribution in [0.3, 0.4) is 0 Å². The van der Waals surface area contributed by atoms with Gasteiger partial charge in [0.15, 0.2) is 8.32 Å². The van der Waals surface area contributed by atoms with Crippen LogP contribution >= 0.6 is 0 Å². The molecule has 0 unspecified atom stereocenters. The third-order valence-corrected chi connectivity index (χ3v) is 11.0. The Morgan fingerprint density at radius 3 is 2.12 bits per heavy atom. The Balaban J connectivity index is 3.35. The summed E-state index contributed by atoms with van der Waals surface area (Å²) in [7, 11) is -8.12. The zero-order valence-corrected chi connectivity index (χ0v) is 18.6. The van der Waals surface area contributed by atoms with Crippen LogP contribution in [-0.2, 0) is 18.7 Å². The summed E-state index contributed by atoms with van der Waals surface area (Å²) in [6.45, 7) is 15.5. The predicted molar refractivity (Wildman–Crippen MR) is 98.4 cm³/mol. The molecule has 0 N–H and O–H groups in total. The fourth-order valence-electron chi connectivity index (χ4n) is 2.64. The fraction of sp³-hybridized carbons (Fsp3) is 0.882. The molecule has 0 saturated carbocycles. The van der Waals surface area contributed by atoms with Crippen LogP contribution < -0.4 is 0 Å². The first-order chi connectivity index (χ1) is 11.3. The molecule has 0 spiro atoms. The van der Waals surface area contributed by atoms with Crippen molar-refractivity contribution in [3.8, 4) is 0 Å². The molecule has 9 heteroatoms. The lowest BCUT2D eigenvalue weighted by Crippen LogP contribution is -2.51. The van der Waals surface area contributed by atoms with E-state index in [0.717, 1.165) is 0 Å². The summed E-state index contributed by atoms with van der Waals surface area (Å²) in [5.74, 6) is -0.159. The normalized spacial score (nSPS) is 26.0. The van der Waals surface area contributed by atoms with Gasteiger partial charge in [0.2, 0.25) is 0 Å². The van der Waals surface area contributed by atoms with Crippen LogP contribution in [0.15, 0.2) is 11.8 Å². The van der Waals surface area contributed by atoms with Crippen LogP contribution in [0.2, 0.25) is 18.1 Å². The highest BCUT2D eigenvalue weighted by atomic mass is 32.2. The van der Waals surface area contributed by atoms with Crippen molar-refractivity contribution < 1.29 is 30.2 Å². The molecule has 154 valence electrons. The minimum atomic E-state index is -5.74. The molecule has 0 aromatic carbocycles. The number of hydrogen-bond donors (Lipinski definition) is 0. The molecule has 26 heavy (non-hydrogen) atoms. The second-order valence-electron chi connectivity index (χ2n) is 9.05. The van der Waals surface area contributed by atoms with Crippen molar-refractivity contribution in [2.45, 2.75) is 83.6 Å². The Morgan fingerprint density at radius 1 is 1.23 bits per heavy atom. The van der Waals surface area contributed by atoms with E-state index in [9.17, 15) is 21.6 Å². The highest BCUT2D eigenvalue weighted by Crippen LogP contribution is 2.46. The summed E-state index contributed by atoms with van der Waals surface area (Å²) < 4.78 is 72.7. The molecule has 0 heterocycles. The zero-order valence-electron chi connectivity index (χ0n) is 16.8. The summed E-state index contributed by atoms with van der Waals surface area (Å²) in [4.78, 5) is 0. The first kappa shape index (κ1) is 23.5. The summed E-state index contributed by atoms with van der Waals surface area (Å²) >= 11 is 0. The molecule has 0 aliphatic heterocycles. The monoisotopic (exact) mass is 416 g/mol. The Morgan fingerprint density at radius 2 is 1.73 bits per heavy atom. The van der Waals surface area contributed by atoms with E-state index in [2.05, 4.69) is 4.18 Å². The predicted octanol–water partition coefficient (Wildman–Crippen LogP) is 5.58. The van der Waals surface area contributed by atoms with Crippen molar-refractivity contribution in [3.05, 3.63) is 11.8 Å². The minimum absolute atomic E-state index is 0.0653. The van der Waals surface area contributed by atoms with Crippen LogP contribution in [0.5, 0.6) is 0 Å². The second kappa shape index (κ2) is 7.13. The lowest BCUT2D eigenvalue weighted by atomic mass is 9.80. The molecular formula is C17H31F3O4SSi. The van der Waals surface area contributed by atoms with E-state index < -0.39 is 29.5 Å².